The molecule has 1 amide bonds. The molecule has 158 valence electrons. The van der Waals surface area contributed by atoms with Gasteiger partial charge in [0.1, 0.15) is 0 Å². The molecule has 1 fully saturated rings. The SMILES string of the molecule is O=C(Nc1cccc(Cl)c1Cl)C1(F)C(F)(F)C(F)(F)C(F)(F)C(F)(F)C1(F)F. The number of hydrogen-bond acceptors (Lipinski definition) is 1. The van der Waals surface area contributed by atoms with Gasteiger partial charge in [-0.15, -0.1) is 0 Å². The van der Waals surface area contributed by atoms with Gasteiger partial charge in [0.05, 0.1) is 15.7 Å². The zero-order valence-corrected chi connectivity index (χ0v) is 14.1. The molecule has 28 heavy (non-hydrogen) atoms. The van der Waals surface area contributed by atoms with Gasteiger partial charge in [0.2, 0.25) is 0 Å². The molecule has 1 saturated carbocycles. The highest BCUT2D eigenvalue weighted by Crippen LogP contribution is 2.69. The van der Waals surface area contributed by atoms with Crippen molar-refractivity contribution in [2.24, 2.45) is 0 Å². The molecule has 1 aromatic rings. The van der Waals surface area contributed by atoms with Crippen LogP contribution in [0.3, 0.4) is 0 Å². The third-order valence-corrected chi connectivity index (χ3v) is 4.77. The number of carbonyl (C=O) groups excluding carboxylic acids is 1. The summed E-state index contributed by atoms with van der Waals surface area (Å²) in [6, 6.07) is 2.51. The van der Waals surface area contributed by atoms with Crippen LogP contribution in [0.15, 0.2) is 18.2 Å². The number of nitrogens with one attached hydrogen (secondary N) is 1. The molecule has 0 aromatic heterocycles. The number of rotatable bonds is 2. The van der Waals surface area contributed by atoms with Crippen LogP contribution in [-0.2, 0) is 4.79 Å². The summed E-state index contributed by atoms with van der Waals surface area (Å²) in [5, 5.41) is -0.400. The second kappa shape index (κ2) is 6.00. The van der Waals surface area contributed by atoms with Crippen molar-refractivity contribution in [3.8, 4) is 0 Å². The highest BCUT2D eigenvalue weighted by Gasteiger charge is 3.02. The van der Waals surface area contributed by atoms with Crippen LogP contribution in [-0.4, -0.2) is 41.2 Å². The first-order valence-corrected chi connectivity index (χ1v) is 7.41. The predicted octanol–water partition coefficient (Wildman–Crippen LogP) is 5.83. The average molecular weight is 470 g/mol. The summed E-state index contributed by atoms with van der Waals surface area (Å²) in [5.41, 5.74) is -7.83. The quantitative estimate of drug-likeness (QED) is 0.542. The molecule has 0 unspecified atom stereocenters. The zero-order chi connectivity index (χ0) is 22.1. The van der Waals surface area contributed by atoms with Crippen LogP contribution in [0.4, 0.5) is 54.0 Å². The van der Waals surface area contributed by atoms with E-state index in [1.54, 1.807) is 0 Å². The Labute approximate surface area is 157 Å². The summed E-state index contributed by atoms with van der Waals surface area (Å²) in [7, 11) is 0. The second-order valence-electron chi connectivity index (χ2n) is 5.59. The molecule has 1 aliphatic rings. The molecule has 1 aromatic carbocycles. The summed E-state index contributed by atoms with van der Waals surface area (Å²) < 4.78 is 149. The maximum Gasteiger partial charge on any atom is 0.384 e. The normalized spacial score (nSPS) is 25.8. The minimum Gasteiger partial charge on any atom is -0.321 e. The lowest BCUT2D eigenvalue weighted by molar-refractivity contribution is -0.475. The monoisotopic (exact) mass is 469 g/mol. The molecule has 0 radical (unpaired) electrons. The lowest BCUT2D eigenvalue weighted by atomic mass is 9.71. The van der Waals surface area contributed by atoms with Gasteiger partial charge >= 0.3 is 35.3 Å². The molecule has 1 aliphatic carbocycles. The Morgan fingerprint density at radius 2 is 1.11 bits per heavy atom. The Morgan fingerprint density at radius 3 is 1.54 bits per heavy atom. The predicted molar refractivity (Wildman–Crippen MR) is 73.7 cm³/mol. The molecule has 0 atom stereocenters. The lowest BCUT2D eigenvalue weighted by Gasteiger charge is -2.51. The van der Waals surface area contributed by atoms with Crippen LogP contribution >= 0.6 is 23.2 Å². The van der Waals surface area contributed by atoms with E-state index < -0.39 is 56.9 Å². The first kappa shape index (κ1) is 22.8. The highest BCUT2D eigenvalue weighted by molar-refractivity contribution is 6.44. The van der Waals surface area contributed by atoms with Gasteiger partial charge in [-0.25, -0.2) is 4.39 Å². The van der Waals surface area contributed by atoms with Gasteiger partial charge in [-0.05, 0) is 12.1 Å². The Balaban J connectivity index is 2.71. The van der Waals surface area contributed by atoms with Crippen LogP contribution < -0.4 is 5.32 Å². The van der Waals surface area contributed by atoms with E-state index in [0.29, 0.717) is 6.07 Å². The molecule has 0 bridgehead atoms. The van der Waals surface area contributed by atoms with E-state index in [0.717, 1.165) is 17.4 Å². The van der Waals surface area contributed by atoms with E-state index in [1.165, 1.54) is 0 Å². The third kappa shape index (κ3) is 2.31. The minimum absolute atomic E-state index is 0.475. The molecular weight excluding hydrogens is 466 g/mol. The second-order valence-corrected chi connectivity index (χ2v) is 6.37. The van der Waals surface area contributed by atoms with E-state index in [9.17, 15) is 53.1 Å². The third-order valence-electron chi connectivity index (χ3n) is 3.96. The molecule has 0 spiro atoms. The smallest absolute Gasteiger partial charge is 0.321 e. The number of carbonyl (C=O) groups is 1. The van der Waals surface area contributed by atoms with E-state index in [1.807, 2.05) is 0 Å². The van der Waals surface area contributed by atoms with Crippen molar-refractivity contribution < 1.29 is 53.1 Å². The fourth-order valence-corrected chi connectivity index (χ4v) is 2.66. The molecule has 2 rings (SSSR count). The van der Waals surface area contributed by atoms with Crippen LogP contribution in [0.25, 0.3) is 0 Å². The zero-order valence-electron chi connectivity index (χ0n) is 12.6. The van der Waals surface area contributed by atoms with Crippen molar-refractivity contribution in [3.05, 3.63) is 28.2 Å². The molecule has 0 heterocycles. The van der Waals surface area contributed by atoms with Crippen LogP contribution in [0.5, 0.6) is 0 Å². The topological polar surface area (TPSA) is 29.1 Å². The Hall–Kier alpha value is -1.50. The van der Waals surface area contributed by atoms with Gasteiger partial charge in [-0.2, -0.15) is 43.9 Å². The van der Waals surface area contributed by atoms with Gasteiger partial charge in [-0.3, -0.25) is 4.79 Å². The Kier molecular flexibility index (Phi) is 4.88. The van der Waals surface area contributed by atoms with Crippen LogP contribution in [0, 0.1) is 0 Å². The highest BCUT2D eigenvalue weighted by atomic mass is 35.5. The van der Waals surface area contributed by atoms with Gasteiger partial charge in [0.25, 0.3) is 5.91 Å². The van der Waals surface area contributed by atoms with Gasteiger partial charge in [0.15, 0.2) is 0 Å². The van der Waals surface area contributed by atoms with E-state index in [4.69, 9.17) is 23.2 Å². The van der Waals surface area contributed by atoms with E-state index in [2.05, 4.69) is 0 Å². The molecule has 1 N–H and O–H groups in total. The van der Waals surface area contributed by atoms with E-state index >= 15 is 0 Å². The summed E-state index contributed by atoms with van der Waals surface area (Å²) in [4.78, 5) is 11.7. The number of benzene rings is 1. The number of halogens is 13. The summed E-state index contributed by atoms with van der Waals surface area (Å²) >= 11 is 10.9. The molecule has 15 heteroatoms. The molecule has 0 aliphatic heterocycles. The maximum atomic E-state index is 14.5. The summed E-state index contributed by atoms with van der Waals surface area (Å²) in [6.07, 6.45) is 0. The lowest BCUT2D eigenvalue weighted by Crippen LogP contribution is -2.86. The fourth-order valence-electron chi connectivity index (χ4n) is 2.32. The first-order chi connectivity index (χ1) is 12.3. The first-order valence-electron chi connectivity index (χ1n) is 6.65. The van der Waals surface area contributed by atoms with Crippen molar-refractivity contribution in [1.82, 2.24) is 0 Å². The van der Waals surface area contributed by atoms with Crippen molar-refractivity contribution in [1.29, 1.82) is 0 Å². The van der Waals surface area contributed by atoms with Gasteiger partial charge in [-0.1, -0.05) is 29.3 Å². The standard InChI is InChI=1S/C13H4Cl2F11NO/c14-4-2-1-3-5(6(4)15)27-7(28)8(16)9(17,18)11(21,22)13(25,26)12(23,24)10(8,19)20/h1-3H,(H,27,28). The minimum atomic E-state index is -7.41. The number of amides is 1. The summed E-state index contributed by atoms with van der Waals surface area (Å²) in [6.45, 7) is 0. The van der Waals surface area contributed by atoms with Crippen molar-refractivity contribution in [2.75, 3.05) is 5.32 Å². The van der Waals surface area contributed by atoms with Gasteiger partial charge < -0.3 is 5.32 Å². The Morgan fingerprint density at radius 1 is 0.714 bits per heavy atom. The molecular formula is C13H4Cl2F11NO. The van der Waals surface area contributed by atoms with Crippen LogP contribution in [0.1, 0.15) is 0 Å². The molecule has 0 saturated heterocycles. The number of alkyl halides is 11. The van der Waals surface area contributed by atoms with Crippen LogP contribution in [0.2, 0.25) is 10.0 Å². The average Bonchev–Trinajstić information content (AvgIpc) is 2.56. The van der Waals surface area contributed by atoms with Crippen molar-refractivity contribution in [3.63, 3.8) is 0 Å². The van der Waals surface area contributed by atoms with Crippen molar-refractivity contribution in [2.45, 2.75) is 35.3 Å². The Bertz CT molecular complexity index is 797. The molecule has 2 nitrogen and oxygen atoms in total. The van der Waals surface area contributed by atoms with Crippen molar-refractivity contribution >= 4 is 34.8 Å². The van der Waals surface area contributed by atoms with E-state index in [-0.39, 0.29) is 0 Å². The number of hydrogen-bond donors (Lipinski definition) is 1. The summed E-state index contributed by atoms with van der Waals surface area (Å²) in [5.74, 6) is -40.2. The largest absolute Gasteiger partial charge is 0.384 e. The number of anilines is 1. The van der Waals surface area contributed by atoms with Gasteiger partial charge in [0, 0.05) is 0 Å². The maximum absolute atomic E-state index is 14.5. The fraction of sp³-hybridized carbons (Fsp3) is 0.462.